The number of carbonyl (C=O) groups excluding carboxylic acids is 1. The summed E-state index contributed by atoms with van der Waals surface area (Å²) in [7, 11) is 1.57. The van der Waals surface area contributed by atoms with Crippen molar-refractivity contribution in [3.63, 3.8) is 0 Å². The second kappa shape index (κ2) is 10.9. The number of carbonyl (C=O) groups is 1. The third-order valence-corrected chi connectivity index (χ3v) is 7.39. The molecule has 200 valence electrons. The zero-order valence-electron chi connectivity index (χ0n) is 21.8. The number of ether oxygens (including phenoxy) is 2. The van der Waals surface area contributed by atoms with E-state index in [2.05, 4.69) is 0 Å². The first kappa shape index (κ1) is 25.7. The van der Waals surface area contributed by atoms with Crippen LogP contribution in [-0.2, 0) is 13.0 Å². The van der Waals surface area contributed by atoms with Crippen LogP contribution in [0.5, 0.6) is 11.5 Å². The predicted molar refractivity (Wildman–Crippen MR) is 154 cm³/mol. The summed E-state index contributed by atoms with van der Waals surface area (Å²) in [5.41, 5.74) is 3.18. The largest absolute Gasteiger partial charge is 0.493 e. The van der Waals surface area contributed by atoms with Gasteiger partial charge in [-0.05, 0) is 53.4 Å². The first-order valence-electron chi connectivity index (χ1n) is 13.0. The Kier molecular flexibility index (Phi) is 7.01. The number of nitrogens with zero attached hydrogens (tertiary/aromatic N) is 1. The van der Waals surface area contributed by atoms with Crippen molar-refractivity contribution in [3.8, 4) is 11.5 Å². The van der Waals surface area contributed by atoms with E-state index in [1.807, 2.05) is 78.9 Å². The summed E-state index contributed by atoms with van der Waals surface area (Å²) in [6.07, 6.45) is 0.617. The van der Waals surface area contributed by atoms with Gasteiger partial charge < -0.3 is 18.8 Å². The molecule has 40 heavy (non-hydrogen) atoms. The Morgan fingerprint density at radius 3 is 2.30 bits per heavy atom. The van der Waals surface area contributed by atoms with Crippen molar-refractivity contribution in [1.29, 1.82) is 0 Å². The lowest BCUT2D eigenvalue weighted by molar-refractivity contribution is 0.0730. The third-order valence-electron chi connectivity index (χ3n) is 7.15. The van der Waals surface area contributed by atoms with Crippen LogP contribution in [0.15, 0.2) is 106 Å². The summed E-state index contributed by atoms with van der Waals surface area (Å²) in [5, 5.41) is 0.756. The molecule has 1 aromatic heterocycles. The molecule has 1 aliphatic rings. The molecule has 0 aliphatic carbocycles. The highest BCUT2D eigenvalue weighted by Gasteiger charge is 2.42. The number of benzene rings is 4. The van der Waals surface area contributed by atoms with Gasteiger partial charge in [-0.1, -0.05) is 78.3 Å². The maximum atomic E-state index is 13.8. The fourth-order valence-electron chi connectivity index (χ4n) is 5.17. The zero-order chi connectivity index (χ0) is 27.6. The number of hydrogen-bond acceptors (Lipinski definition) is 5. The van der Waals surface area contributed by atoms with Crippen LogP contribution in [0.25, 0.3) is 11.0 Å². The van der Waals surface area contributed by atoms with Crippen LogP contribution in [-0.4, -0.2) is 24.5 Å². The van der Waals surface area contributed by atoms with E-state index in [0.717, 1.165) is 16.7 Å². The average Bonchev–Trinajstić information content (AvgIpc) is 3.27. The van der Waals surface area contributed by atoms with Crippen molar-refractivity contribution in [2.24, 2.45) is 0 Å². The first-order valence-corrected chi connectivity index (χ1v) is 13.4. The molecule has 5 aromatic rings. The van der Waals surface area contributed by atoms with Gasteiger partial charge in [-0.25, -0.2) is 0 Å². The van der Waals surface area contributed by atoms with Gasteiger partial charge >= 0.3 is 0 Å². The van der Waals surface area contributed by atoms with Gasteiger partial charge in [0.05, 0.1) is 24.1 Å². The summed E-state index contributed by atoms with van der Waals surface area (Å²) in [4.78, 5) is 29.3. The quantitative estimate of drug-likeness (QED) is 0.212. The Morgan fingerprint density at radius 1 is 0.850 bits per heavy atom. The van der Waals surface area contributed by atoms with Crippen LogP contribution in [0.3, 0.4) is 0 Å². The fourth-order valence-corrected chi connectivity index (χ4v) is 5.34. The molecule has 1 unspecified atom stereocenters. The van der Waals surface area contributed by atoms with E-state index >= 15 is 0 Å². The van der Waals surface area contributed by atoms with Crippen LogP contribution >= 0.6 is 11.6 Å². The van der Waals surface area contributed by atoms with E-state index in [4.69, 9.17) is 25.5 Å². The molecule has 1 aliphatic heterocycles. The molecule has 0 saturated carbocycles. The monoisotopic (exact) mass is 551 g/mol. The Bertz CT molecular complexity index is 1750. The summed E-state index contributed by atoms with van der Waals surface area (Å²) in [5.74, 6) is 0.799. The summed E-state index contributed by atoms with van der Waals surface area (Å²) in [6, 6.07) is 29.5. The van der Waals surface area contributed by atoms with Gasteiger partial charge in [-0.2, -0.15) is 0 Å². The molecule has 0 radical (unpaired) electrons. The second-order valence-electron chi connectivity index (χ2n) is 9.64. The normalized spacial score (nSPS) is 14.4. The van der Waals surface area contributed by atoms with Crippen molar-refractivity contribution in [1.82, 2.24) is 4.90 Å². The number of fused-ring (bicyclic) bond motifs is 2. The fraction of sp³-hybridized carbons (Fsp3) is 0.152. The molecule has 0 N–H and O–H groups in total. The molecule has 2 heterocycles. The lowest BCUT2D eigenvalue weighted by Crippen LogP contribution is -2.31. The van der Waals surface area contributed by atoms with Crippen LogP contribution in [0.2, 0.25) is 5.02 Å². The van der Waals surface area contributed by atoms with Crippen LogP contribution in [0.4, 0.5) is 0 Å². The van der Waals surface area contributed by atoms with E-state index in [-0.39, 0.29) is 17.1 Å². The third kappa shape index (κ3) is 4.82. The van der Waals surface area contributed by atoms with Gasteiger partial charge in [-0.3, -0.25) is 9.59 Å². The van der Waals surface area contributed by atoms with Gasteiger partial charge in [0, 0.05) is 11.6 Å². The molecule has 6 nitrogen and oxygen atoms in total. The molecule has 1 amide bonds. The minimum atomic E-state index is -0.664. The second-order valence-corrected chi connectivity index (χ2v) is 10.1. The number of methoxy groups -OCH3 is 1. The standard InChI is InChI=1S/C33H26ClNO5/c1-38-28-18-23(12-14-27(28)39-20-22-10-6-3-7-11-22)30-29-31(36)25-19-24(34)13-15-26(25)40-32(29)33(37)35(30)17-16-21-8-4-2-5-9-21/h2-15,18-19,30H,16-17,20H2,1H3. The van der Waals surface area contributed by atoms with Crippen molar-refractivity contribution in [2.75, 3.05) is 13.7 Å². The summed E-state index contributed by atoms with van der Waals surface area (Å²) >= 11 is 6.21. The highest BCUT2D eigenvalue weighted by atomic mass is 35.5. The van der Waals surface area contributed by atoms with E-state index in [0.29, 0.717) is 52.6 Å². The van der Waals surface area contributed by atoms with Crippen LogP contribution in [0, 0.1) is 0 Å². The van der Waals surface area contributed by atoms with Crippen molar-refractivity contribution in [3.05, 3.63) is 140 Å². The lowest BCUT2D eigenvalue weighted by Gasteiger charge is -2.26. The molecular weight excluding hydrogens is 526 g/mol. The maximum absolute atomic E-state index is 13.8. The molecule has 7 heteroatoms. The summed E-state index contributed by atoms with van der Waals surface area (Å²) < 4.78 is 17.8. The molecule has 4 aromatic carbocycles. The van der Waals surface area contributed by atoms with E-state index < -0.39 is 6.04 Å². The highest BCUT2D eigenvalue weighted by Crippen LogP contribution is 2.41. The number of hydrogen-bond donors (Lipinski definition) is 0. The number of halogens is 1. The van der Waals surface area contributed by atoms with E-state index in [9.17, 15) is 9.59 Å². The number of rotatable bonds is 8. The van der Waals surface area contributed by atoms with Gasteiger partial charge in [0.2, 0.25) is 5.76 Å². The lowest BCUT2D eigenvalue weighted by atomic mass is 9.97. The predicted octanol–water partition coefficient (Wildman–Crippen LogP) is 6.82. The Balaban J connectivity index is 1.42. The van der Waals surface area contributed by atoms with Gasteiger partial charge in [0.25, 0.3) is 5.91 Å². The smallest absolute Gasteiger partial charge is 0.290 e. The molecule has 0 fully saturated rings. The van der Waals surface area contributed by atoms with Gasteiger partial charge in [0.15, 0.2) is 16.9 Å². The van der Waals surface area contributed by atoms with Crippen molar-refractivity contribution >= 4 is 28.5 Å². The molecular formula is C33H26ClNO5. The SMILES string of the molecule is COc1cc(C2c3c(oc4ccc(Cl)cc4c3=O)C(=O)N2CCc2ccccc2)ccc1OCc1ccccc1. The van der Waals surface area contributed by atoms with Gasteiger partial charge in [0.1, 0.15) is 12.2 Å². The van der Waals surface area contributed by atoms with E-state index in [1.54, 1.807) is 30.2 Å². The van der Waals surface area contributed by atoms with E-state index in [1.165, 1.54) is 0 Å². The van der Waals surface area contributed by atoms with Crippen molar-refractivity contribution < 1.29 is 18.7 Å². The molecule has 0 saturated heterocycles. The molecule has 1 atom stereocenters. The highest BCUT2D eigenvalue weighted by molar-refractivity contribution is 6.31. The average molecular weight is 552 g/mol. The number of amides is 1. The van der Waals surface area contributed by atoms with Crippen LogP contribution < -0.4 is 14.9 Å². The minimum absolute atomic E-state index is 0.0567. The summed E-state index contributed by atoms with van der Waals surface area (Å²) in [6.45, 7) is 0.768. The minimum Gasteiger partial charge on any atom is -0.493 e. The molecule has 6 rings (SSSR count). The zero-order valence-corrected chi connectivity index (χ0v) is 22.6. The van der Waals surface area contributed by atoms with Gasteiger partial charge in [-0.15, -0.1) is 0 Å². The van der Waals surface area contributed by atoms with Crippen molar-refractivity contribution in [2.45, 2.75) is 19.1 Å². The Labute approximate surface area is 236 Å². The Hall–Kier alpha value is -4.55. The molecule has 0 spiro atoms. The first-order chi connectivity index (χ1) is 19.5. The molecule has 0 bridgehead atoms. The maximum Gasteiger partial charge on any atom is 0.290 e. The Morgan fingerprint density at radius 2 is 1.57 bits per heavy atom. The topological polar surface area (TPSA) is 69.0 Å². The van der Waals surface area contributed by atoms with Crippen LogP contribution in [0.1, 0.15) is 38.9 Å².